The fourth-order valence-corrected chi connectivity index (χ4v) is 2.65. The molecule has 0 amide bonds. The molecule has 0 saturated carbocycles. The lowest BCUT2D eigenvalue weighted by atomic mass is 10.1. The van der Waals surface area contributed by atoms with Crippen LogP contribution in [-0.4, -0.2) is 47.1 Å². The second-order valence-electron chi connectivity index (χ2n) is 4.34. The molecule has 4 nitrogen and oxygen atoms in total. The molecule has 3 rings (SSSR count). The summed E-state index contributed by atoms with van der Waals surface area (Å²) in [5.41, 5.74) is 0. The third-order valence-corrected chi connectivity index (χ3v) is 3.46. The quantitative estimate of drug-likeness (QED) is 0.676. The summed E-state index contributed by atoms with van der Waals surface area (Å²) in [5, 5.41) is 0. The Hall–Kier alpha value is -1.16. The zero-order valence-corrected chi connectivity index (χ0v) is 8.84. The van der Waals surface area contributed by atoms with Gasteiger partial charge in [-0.2, -0.15) is 0 Å². The Morgan fingerprint density at radius 3 is 3.07 bits per heavy atom. The Bertz CT molecular complexity index is 327. The summed E-state index contributed by atoms with van der Waals surface area (Å²) < 4.78 is 0. The van der Waals surface area contributed by atoms with Crippen molar-refractivity contribution in [2.45, 2.75) is 18.9 Å². The number of rotatable bonds is 1. The van der Waals surface area contributed by atoms with Gasteiger partial charge in [0.2, 0.25) is 0 Å². The third-order valence-electron chi connectivity index (χ3n) is 3.46. The van der Waals surface area contributed by atoms with Crippen LogP contribution in [0.25, 0.3) is 0 Å². The van der Waals surface area contributed by atoms with E-state index in [-0.39, 0.29) is 0 Å². The Balaban J connectivity index is 1.74. The normalized spacial score (nSPS) is 26.7. The summed E-state index contributed by atoms with van der Waals surface area (Å²) in [6.07, 6.45) is 8.08. The fourth-order valence-electron chi connectivity index (χ4n) is 2.65. The third kappa shape index (κ3) is 1.69. The molecule has 0 aromatic carbocycles. The highest BCUT2D eigenvalue weighted by molar-refractivity contribution is 5.36. The minimum Gasteiger partial charge on any atom is -0.352 e. The zero-order valence-electron chi connectivity index (χ0n) is 8.84. The lowest BCUT2D eigenvalue weighted by Crippen LogP contribution is -2.50. The van der Waals surface area contributed by atoms with Crippen molar-refractivity contribution in [1.82, 2.24) is 14.9 Å². The predicted octanol–water partition coefficient (Wildman–Crippen LogP) is 0.761. The van der Waals surface area contributed by atoms with Crippen molar-refractivity contribution in [2.24, 2.45) is 0 Å². The summed E-state index contributed by atoms with van der Waals surface area (Å²) >= 11 is 0. The lowest BCUT2D eigenvalue weighted by molar-refractivity contribution is 0.230. The second kappa shape index (κ2) is 3.77. The molecule has 0 spiro atoms. The van der Waals surface area contributed by atoms with E-state index in [0.29, 0.717) is 0 Å². The van der Waals surface area contributed by atoms with Gasteiger partial charge in [-0.05, 0) is 19.4 Å². The SMILES string of the molecule is c1cnc(N2CCN3CCCC3C2)cn1. The molecular formula is C11H16N4. The predicted molar refractivity (Wildman–Crippen MR) is 58.8 cm³/mol. The molecule has 0 aliphatic carbocycles. The van der Waals surface area contributed by atoms with E-state index < -0.39 is 0 Å². The molecule has 1 atom stereocenters. The number of aromatic nitrogens is 2. The van der Waals surface area contributed by atoms with Gasteiger partial charge in [0.15, 0.2) is 0 Å². The molecule has 2 aliphatic rings. The van der Waals surface area contributed by atoms with E-state index in [0.717, 1.165) is 24.9 Å². The molecule has 1 aromatic heterocycles. The van der Waals surface area contributed by atoms with Crippen molar-refractivity contribution >= 4 is 5.82 Å². The second-order valence-corrected chi connectivity index (χ2v) is 4.34. The number of piperazine rings is 1. The van der Waals surface area contributed by atoms with E-state index in [2.05, 4.69) is 19.8 Å². The van der Waals surface area contributed by atoms with Crippen LogP contribution in [0.5, 0.6) is 0 Å². The monoisotopic (exact) mass is 204 g/mol. The van der Waals surface area contributed by atoms with Gasteiger partial charge in [0.1, 0.15) is 5.82 Å². The number of fused-ring (bicyclic) bond motifs is 1. The van der Waals surface area contributed by atoms with Gasteiger partial charge in [-0.3, -0.25) is 9.88 Å². The van der Waals surface area contributed by atoms with E-state index in [1.165, 1.54) is 25.9 Å². The van der Waals surface area contributed by atoms with E-state index in [4.69, 9.17) is 0 Å². The summed E-state index contributed by atoms with van der Waals surface area (Å²) in [7, 11) is 0. The van der Waals surface area contributed by atoms with Crippen LogP contribution in [0.1, 0.15) is 12.8 Å². The number of hydrogen-bond acceptors (Lipinski definition) is 4. The summed E-state index contributed by atoms with van der Waals surface area (Å²) in [5.74, 6) is 1.03. The molecule has 0 N–H and O–H groups in total. The lowest BCUT2D eigenvalue weighted by Gasteiger charge is -2.37. The molecular weight excluding hydrogens is 188 g/mol. The van der Waals surface area contributed by atoms with Crippen molar-refractivity contribution in [1.29, 1.82) is 0 Å². The Morgan fingerprint density at radius 2 is 2.20 bits per heavy atom. The topological polar surface area (TPSA) is 32.3 Å². The smallest absolute Gasteiger partial charge is 0.147 e. The van der Waals surface area contributed by atoms with Gasteiger partial charge < -0.3 is 4.90 Å². The average molecular weight is 204 g/mol. The van der Waals surface area contributed by atoms with Crippen molar-refractivity contribution < 1.29 is 0 Å². The van der Waals surface area contributed by atoms with Crippen LogP contribution in [0.2, 0.25) is 0 Å². The van der Waals surface area contributed by atoms with Crippen molar-refractivity contribution in [3.8, 4) is 0 Å². The highest BCUT2D eigenvalue weighted by atomic mass is 15.3. The van der Waals surface area contributed by atoms with Crippen LogP contribution in [0, 0.1) is 0 Å². The average Bonchev–Trinajstić information content (AvgIpc) is 2.77. The first kappa shape index (κ1) is 9.09. The molecule has 80 valence electrons. The van der Waals surface area contributed by atoms with Crippen LogP contribution in [0.15, 0.2) is 18.6 Å². The first-order chi connectivity index (χ1) is 7.43. The molecule has 2 saturated heterocycles. The Kier molecular flexibility index (Phi) is 2.29. The van der Waals surface area contributed by atoms with E-state index >= 15 is 0 Å². The van der Waals surface area contributed by atoms with Crippen LogP contribution in [-0.2, 0) is 0 Å². The first-order valence-electron chi connectivity index (χ1n) is 5.68. The molecule has 0 radical (unpaired) electrons. The molecule has 1 aromatic rings. The van der Waals surface area contributed by atoms with Crippen LogP contribution in [0.4, 0.5) is 5.82 Å². The maximum Gasteiger partial charge on any atom is 0.147 e. The van der Waals surface area contributed by atoms with E-state index in [9.17, 15) is 0 Å². The van der Waals surface area contributed by atoms with Crippen LogP contribution in [0.3, 0.4) is 0 Å². The number of hydrogen-bond donors (Lipinski definition) is 0. The first-order valence-corrected chi connectivity index (χ1v) is 5.68. The summed E-state index contributed by atoms with van der Waals surface area (Å²) in [4.78, 5) is 13.5. The van der Waals surface area contributed by atoms with Gasteiger partial charge in [-0.1, -0.05) is 0 Å². The molecule has 2 aliphatic heterocycles. The molecule has 2 fully saturated rings. The van der Waals surface area contributed by atoms with Crippen LogP contribution < -0.4 is 4.90 Å². The molecule has 3 heterocycles. The Morgan fingerprint density at radius 1 is 1.20 bits per heavy atom. The maximum absolute atomic E-state index is 4.36. The van der Waals surface area contributed by atoms with Gasteiger partial charge in [0.25, 0.3) is 0 Å². The van der Waals surface area contributed by atoms with E-state index in [1.807, 2.05) is 6.20 Å². The highest BCUT2D eigenvalue weighted by Gasteiger charge is 2.30. The highest BCUT2D eigenvalue weighted by Crippen LogP contribution is 2.23. The van der Waals surface area contributed by atoms with Gasteiger partial charge in [0.05, 0.1) is 6.20 Å². The largest absolute Gasteiger partial charge is 0.352 e. The van der Waals surface area contributed by atoms with Gasteiger partial charge >= 0.3 is 0 Å². The van der Waals surface area contributed by atoms with Gasteiger partial charge in [0, 0.05) is 38.1 Å². The van der Waals surface area contributed by atoms with E-state index in [1.54, 1.807) is 12.4 Å². The fraction of sp³-hybridized carbons (Fsp3) is 0.636. The summed E-state index contributed by atoms with van der Waals surface area (Å²) in [6.45, 7) is 4.69. The van der Waals surface area contributed by atoms with Crippen molar-refractivity contribution in [3.63, 3.8) is 0 Å². The molecule has 15 heavy (non-hydrogen) atoms. The Labute approximate surface area is 89.9 Å². The number of anilines is 1. The molecule has 4 heteroatoms. The van der Waals surface area contributed by atoms with Crippen molar-refractivity contribution in [2.75, 3.05) is 31.1 Å². The minimum atomic E-state index is 0.751. The van der Waals surface area contributed by atoms with Gasteiger partial charge in [-0.25, -0.2) is 4.98 Å². The standard InChI is InChI=1S/C11H16N4/c1-2-10-9-15(7-6-14(10)5-1)11-8-12-3-4-13-11/h3-4,8,10H,1-2,5-7,9H2. The number of nitrogens with zero attached hydrogens (tertiary/aromatic N) is 4. The van der Waals surface area contributed by atoms with Crippen LogP contribution >= 0.6 is 0 Å². The zero-order chi connectivity index (χ0) is 10.1. The summed E-state index contributed by atoms with van der Waals surface area (Å²) in [6, 6.07) is 0.751. The van der Waals surface area contributed by atoms with Crippen molar-refractivity contribution in [3.05, 3.63) is 18.6 Å². The molecule has 1 unspecified atom stereocenters. The molecule has 0 bridgehead atoms. The minimum absolute atomic E-state index is 0.751. The van der Waals surface area contributed by atoms with Gasteiger partial charge in [-0.15, -0.1) is 0 Å². The maximum atomic E-state index is 4.36.